The molecule has 0 aliphatic carbocycles. The number of hydrogen-bond acceptors (Lipinski definition) is 16. The minimum absolute atomic E-state index is 0.0689. The van der Waals surface area contributed by atoms with E-state index in [4.69, 9.17) is 50.5 Å². The van der Waals surface area contributed by atoms with Gasteiger partial charge in [0.1, 0.15) is 23.0 Å². The van der Waals surface area contributed by atoms with Crippen LogP contribution in [-0.4, -0.2) is 131 Å². The van der Waals surface area contributed by atoms with Gasteiger partial charge < -0.3 is 54.4 Å². The molecule has 1 aromatic rings. The van der Waals surface area contributed by atoms with E-state index in [9.17, 15) is 19.8 Å². The Balaban J connectivity index is 1.89. The summed E-state index contributed by atoms with van der Waals surface area (Å²) in [6.07, 6.45) is -2.11. The summed E-state index contributed by atoms with van der Waals surface area (Å²) in [6.45, 7) is 12.8. The highest BCUT2D eigenvalue weighted by atomic mass is 35.5. The molecular weight excluding hydrogens is 684 g/mol. The summed E-state index contributed by atoms with van der Waals surface area (Å²) >= 11 is 5.54. The van der Waals surface area contributed by atoms with Crippen LogP contribution in [0.2, 0.25) is 0 Å². The number of hydrogen-bond donors (Lipinski definition) is 6. The lowest BCUT2D eigenvalue weighted by Gasteiger charge is -2.37. The fourth-order valence-corrected chi connectivity index (χ4v) is 4.01. The molecule has 2 amide bonds. The smallest absolute Gasteiger partial charge is 0.414 e. The molecule has 2 rings (SSSR count). The van der Waals surface area contributed by atoms with Gasteiger partial charge in [0, 0.05) is 24.2 Å². The average Bonchev–Trinajstić information content (AvgIpc) is 3.45. The van der Waals surface area contributed by atoms with Gasteiger partial charge in [-0.1, -0.05) is 5.21 Å². The van der Waals surface area contributed by atoms with Crippen LogP contribution >= 0.6 is 11.6 Å². The SMILES string of the molecule is CC(C)(C)OC(=O)NC(=NC/C(N)=C/NC1CC(O)C(O)O[C@@H]1OCCn1cc(COCCOCCOCCCl)nn1)NC(=O)OC(C)(C)C. The van der Waals surface area contributed by atoms with E-state index in [-0.39, 0.29) is 37.8 Å². The summed E-state index contributed by atoms with van der Waals surface area (Å²) in [6, 6.07) is -0.621. The number of aliphatic imine (C=N–C) groups is 1. The zero-order chi connectivity index (χ0) is 37.2. The minimum Gasteiger partial charge on any atom is -0.444 e. The fourth-order valence-electron chi connectivity index (χ4n) is 3.90. The van der Waals surface area contributed by atoms with Crippen molar-refractivity contribution < 1.29 is 53.0 Å². The van der Waals surface area contributed by atoms with E-state index in [0.717, 1.165) is 0 Å². The van der Waals surface area contributed by atoms with Crippen molar-refractivity contribution >= 4 is 29.7 Å². The van der Waals surface area contributed by atoms with Gasteiger partial charge in [0.2, 0.25) is 5.96 Å². The monoisotopic (exact) mass is 736 g/mol. The van der Waals surface area contributed by atoms with Crippen LogP contribution in [0, 0.1) is 0 Å². The molecule has 3 unspecified atom stereocenters. The number of amides is 2. The largest absolute Gasteiger partial charge is 0.444 e. The Morgan fingerprint density at radius 1 is 1.02 bits per heavy atom. The molecule has 7 N–H and O–H groups in total. The number of nitrogens with zero attached hydrogens (tertiary/aromatic N) is 4. The average molecular weight is 737 g/mol. The number of carbonyl (C=O) groups excluding carboxylic acids is 2. The Bertz CT molecular complexity index is 1190. The van der Waals surface area contributed by atoms with Crippen LogP contribution in [0.3, 0.4) is 0 Å². The molecule has 4 atom stereocenters. The van der Waals surface area contributed by atoms with E-state index < -0.39 is 48.1 Å². The number of aliphatic hydroxyl groups excluding tert-OH is 2. The topological polar surface area (TPSA) is 244 Å². The number of carbonyl (C=O) groups is 2. The molecule has 1 saturated heterocycles. The van der Waals surface area contributed by atoms with E-state index >= 15 is 0 Å². The van der Waals surface area contributed by atoms with Crippen LogP contribution in [0.15, 0.2) is 23.1 Å². The predicted molar refractivity (Wildman–Crippen MR) is 180 cm³/mol. The Morgan fingerprint density at radius 3 is 2.22 bits per heavy atom. The highest BCUT2D eigenvalue weighted by Crippen LogP contribution is 2.20. The molecule has 286 valence electrons. The Kier molecular flexibility index (Phi) is 18.7. The van der Waals surface area contributed by atoms with Crippen molar-refractivity contribution in [2.45, 2.75) is 97.0 Å². The van der Waals surface area contributed by atoms with Gasteiger partial charge in [0.25, 0.3) is 0 Å². The molecule has 0 aromatic carbocycles. The summed E-state index contributed by atoms with van der Waals surface area (Å²) in [7, 11) is 0. The summed E-state index contributed by atoms with van der Waals surface area (Å²) < 4.78 is 39.6. The number of nitrogens with two attached hydrogens (primary N) is 1. The Labute approximate surface area is 297 Å². The van der Waals surface area contributed by atoms with Gasteiger partial charge in [-0.15, -0.1) is 16.7 Å². The first kappa shape index (κ1) is 42.9. The van der Waals surface area contributed by atoms with Crippen molar-refractivity contribution in [3.05, 3.63) is 23.8 Å². The number of alkyl halides is 1. The number of ether oxygens (including phenoxy) is 7. The predicted octanol–water partition coefficient (Wildman–Crippen LogP) is 0.673. The second-order valence-corrected chi connectivity index (χ2v) is 13.3. The quantitative estimate of drug-likeness (QED) is 0.0525. The van der Waals surface area contributed by atoms with E-state index in [0.29, 0.717) is 51.2 Å². The number of aromatic nitrogens is 3. The molecule has 50 heavy (non-hydrogen) atoms. The first-order chi connectivity index (χ1) is 23.5. The highest BCUT2D eigenvalue weighted by molar-refractivity contribution is 6.17. The minimum atomic E-state index is -1.46. The third-order valence-corrected chi connectivity index (χ3v) is 6.13. The molecule has 0 saturated carbocycles. The van der Waals surface area contributed by atoms with E-state index in [1.54, 1.807) is 52.4 Å². The molecular formula is C30H53ClN8O11. The second kappa shape index (κ2) is 21.8. The summed E-state index contributed by atoms with van der Waals surface area (Å²) in [5, 5.41) is 36.2. The third kappa shape index (κ3) is 19.2. The number of guanidine groups is 1. The number of halogens is 1. The Morgan fingerprint density at radius 2 is 1.62 bits per heavy atom. The van der Waals surface area contributed by atoms with Crippen LogP contribution in [0.4, 0.5) is 9.59 Å². The number of aliphatic hydroxyl groups is 2. The zero-order valence-corrected chi connectivity index (χ0v) is 30.3. The van der Waals surface area contributed by atoms with Crippen LogP contribution < -0.4 is 21.7 Å². The van der Waals surface area contributed by atoms with Gasteiger partial charge in [-0.3, -0.25) is 10.6 Å². The normalized spacial score (nSPS) is 19.8. The van der Waals surface area contributed by atoms with Crippen molar-refractivity contribution in [1.29, 1.82) is 0 Å². The van der Waals surface area contributed by atoms with Gasteiger partial charge in [0.05, 0.1) is 71.6 Å². The first-order valence-corrected chi connectivity index (χ1v) is 16.6. The fraction of sp³-hybridized carbons (Fsp3) is 0.767. The first-order valence-electron chi connectivity index (χ1n) is 16.1. The zero-order valence-electron chi connectivity index (χ0n) is 29.6. The van der Waals surface area contributed by atoms with E-state index in [1.807, 2.05) is 0 Å². The van der Waals surface area contributed by atoms with Crippen molar-refractivity contribution in [2.24, 2.45) is 10.7 Å². The molecule has 1 aliphatic heterocycles. The maximum Gasteiger partial charge on any atom is 0.414 e. The Hall–Kier alpha value is -3.30. The third-order valence-electron chi connectivity index (χ3n) is 5.97. The number of nitrogens with one attached hydrogen (secondary N) is 3. The van der Waals surface area contributed by atoms with Crippen LogP contribution in [-0.2, 0) is 46.3 Å². The standard InChI is InChI=1S/C30H53ClN8O11/c1-29(2,3)49-27(42)35-26(36-28(43)50-30(4,5)6)34-17-20(32)16-33-22-15-23(40)24(41)48-25(22)47-10-8-39-18-21(37-38-39)19-46-14-13-45-12-11-44-9-7-31/h16,18,22-25,33,40-41H,7-15,17,19,32H2,1-6H3,(H2,34,35,36,42,43)/b20-16-/t22?,23?,24?,25-/m0/s1. The van der Waals surface area contributed by atoms with Gasteiger partial charge >= 0.3 is 12.2 Å². The van der Waals surface area contributed by atoms with Crippen LogP contribution in [0.5, 0.6) is 0 Å². The molecule has 19 nitrogen and oxygen atoms in total. The molecule has 1 aliphatic rings. The van der Waals surface area contributed by atoms with Crippen LogP contribution in [0.1, 0.15) is 53.7 Å². The molecule has 1 aromatic heterocycles. The van der Waals surface area contributed by atoms with Gasteiger partial charge in [-0.05, 0) is 41.5 Å². The lowest BCUT2D eigenvalue weighted by atomic mass is 10.1. The highest BCUT2D eigenvalue weighted by Gasteiger charge is 2.36. The van der Waals surface area contributed by atoms with Crippen molar-refractivity contribution in [3.63, 3.8) is 0 Å². The van der Waals surface area contributed by atoms with Gasteiger partial charge in [-0.25, -0.2) is 19.3 Å². The van der Waals surface area contributed by atoms with Crippen molar-refractivity contribution in [3.8, 4) is 0 Å². The molecule has 0 spiro atoms. The maximum atomic E-state index is 12.3. The van der Waals surface area contributed by atoms with E-state index in [2.05, 4.69) is 31.3 Å². The van der Waals surface area contributed by atoms with Gasteiger partial charge in [-0.2, -0.15) is 0 Å². The lowest BCUT2D eigenvalue weighted by Crippen LogP contribution is -2.53. The molecule has 0 radical (unpaired) electrons. The number of rotatable bonds is 18. The maximum absolute atomic E-state index is 12.3. The van der Waals surface area contributed by atoms with Gasteiger partial charge in [0.15, 0.2) is 12.6 Å². The molecule has 1 fully saturated rings. The van der Waals surface area contributed by atoms with E-state index in [1.165, 1.54) is 6.20 Å². The molecule has 20 heteroatoms. The van der Waals surface area contributed by atoms with Crippen LogP contribution in [0.25, 0.3) is 0 Å². The molecule has 0 bridgehead atoms. The number of alkyl carbamates (subject to hydrolysis) is 2. The second-order valence-electron chi connectivity index (χ2n) is 12.9. The lowest BCUT2D eigenvalue weighted by molar-refractivity contribution is -0.291. The summed E-state index contributed by atoms with van der Waals surface area (Å²) in [5.74, 6) is 0.197. The van der Waals surface area contributed by atoms with Crippen molar-refractivity contribution in [2.75, 3.05) is 52.1 Å². The summed E-state index contributed by atoms with van der Waals surface area (Å²) in [5.41, 5.74) is 5.34. The molecule has 2 heterocycles. The summed E-state index contributed by atoms with van der Waals surface area (Å²) in [4.78, 5) is 28.8. The van der Waals surface area contributed by atoms with Crippen molar-refractivity contribution in [1.82, 2.24) is 30.9 Å².